The number of nitrogens with one attached hydrogen (secondary N) is 1. The number of ether oxygens (including phenoxy) is 1. The normalized spacial score (nSPS) is 11.5. The predicted molar refractivity (Wildman–Crippen MR) is 122 cm³/mol. The number of nitrogens with zero attached hydrogens (tertiary/aromatic N) is 2. The highest BCUT2D eigenvalue weighted by Crippen LogP contribution is 2.31. The summed E-state index contributed by atoms with van der Waals surface area (Å²) in [7, 11) is 0. The van der Waals surface area contributed by atoms with E-state index in [4.69, 9.17) is 14.1 Å². The van der Waals surface area contributed by atoms with Crippen molar-refractivity contribution in [1.82, 2.24) is 14.5 Å². The Kier molecular flexibility index (Phi) is 6.08. The summed E-state index contributed by atoms with van der Waals surface area (Å²) in [6, 6.07) is 5.12. The molecule has 0 unspecified atom stereocenters. The minimum atomic E-state index is -0.208. The topological polar surface area (TPSA) is 90.1 Å². The molecule has 0 aliphatic rings. The molecule has 0 saturated carbocycles. The van der Waals surface area contributed by atoms with E-state index >= 15 is 0 Å². The number of hydrogen-bond acceptors (Lipinski definition) is 6. The van der Waals surface area contributed by atoms with Crippen LogP contribution in [0.3, 0.4) is 0 Å². The molecular formula is C23H25N3O4S. The third kappa shape index (κ3) is 4.34. The lowest BCUT2D eigenvalue weighted by molar-refractivity contribution is 0.267. The van der Waals surface area contributed by atoms with E-state index in [1.54, 1.807) is 23.1 Å². The van der Waals surface area contributed by atoms with Crippen LogP contribution in [0.15, 0.2) is 50.0 Å². The standard InChI is InChI=1S/C23H25N3O4S/c1-4-6-20-25-22-21(16(13-31-22)18-7-5-8-29-18)23(28)26(20)11-15-9-17(27)19(10-24-15)30-12-14(2)3/h5,7-10,13-14H,4,6,11-12H2,1-3H3,(H,24,27). The second-order valence-corrected chi connectivity index (χ2v) is 8.73. The second kappa shape index (κ2) is 8.93. The zero-order valence-electron chi connectivity index (χ0n) is 17.8. The van der Waals surface area contributed by atoms with Gasteiger partial charge < -0.3 is 14.1 Å². The first kappa shape index (κ1) is 21.1. The predicted octanol–water partition coefficient (Wildman–Crippen LogP) is 4.44. The number of furan rings is 1. The Morgan fingerprint density at radius 1 is 1.32 bits per heavy atom. The molecule has 0 aromatic carbocycles. The molecule has 4 aromatic rings. The number of thiophene rings is 1. The zero-order chi connectivity index (χ0) is 22.0. The maximum absolute atomic E-state index is 13.5. The lowest BCUT2D eigenvalue weighted by atomic mass is 10.2. The van der Waals surface area contributed by atoms with Gasteiger partial charge in [0.15, 0.2) is 5.75 Å². The van der Waals surface area contributed by atoms with Crippen molar-refractivity contribution in [3.8, 4) is 17.1 Å². The summed E-state index contributed by atoms with van der Waals surface area (Å²) in [5, 5.41) is 2.44. The van der Waals surface area contributed by atoms with Gasteiger partial charge in [0, 0.05) is 35.3 Å². The summed E-state index contributed by atoms with van der Waals surface area (Å²) >= 11 is 1.43. The summed E-state index contributed by atoms with van der Waals surface area (Å²) in [6.45, 7) is 6.79. The summed E-state index contributed by atoms with van der Waals surface area (Å²) in [5.41, 5.74) is 1.02. The molecule has 0 aliphatic heterocycles. The Hall–Kier alpha value is -3.13. The second-order valence-electron chi connectivity index (χ2n) is 7.87. The average Bonchev–Trinajstić information content (AvgIpc) is 3.40. The van der Waals surface area contributed by atoms with E-state index in [0.29, 0.717) is 46.4 Å². The Morgan fingerprint density at radius 3 is 2.84 bits per heavy atom. The lowest BCUT2D eigenvalue weighted by Crippen LogP contribution is -2.26. The van der Waals surface area contributed by atoms with Crippen LogP contribution in [-0.4, -0.2) is 21.1 Å². The van der Waals surface area contributed by atoms with E-state index in [1.807, 2.05) is 32.2 Å². The van der Waals surface area contributed by atoms with Gasteiger partial charge in [-0.15, -0.1) is 11.3 Å². The van der Waals surface area contributed by atoms with Crippen LogP contribution in [0.4, 0.5) is 0 Å². The van der Waals surface area contributed by atoms with E-state index in [0.717, 1.165) is 12.0 Å². The molecule has 0 spiro atoms. The number of aromatic amines is 1. The van der Waals surface area contributed by atoms with Crippen molar-refractivity contribution in [2.24, 2.45) is 5.92 Å². The van der Waals surface area contributed by atoms with Gasteiger partial charge >= 0.3 is 0 Å². The first-order chi connectivity index (χ1) is 15.0. The first-order valence-electron chi connectivity index (χ1n) is 10.4. The maximum Gasteiger partial charge on any atom is 0.263 e. The summed E-state index contributed by atoms with van der Waals surface area (Å²) < 4.78 is 12.7. The molecule has 0 fully saturated rings. The Labute approximate surface area is 183 Å². The molecule has 162 valence electrons. The SMILES string of the molecule is CCCc1nc2scc(-c3ccco3)c2c(=O)n1Cc1cc(=O)c(OCC(C)C)c[nH]1. The molecule has 0 saturated heterocycles. The Morgan fingerprint density at radius 2 is 2.16 bits per heavy atom. The molecule has 0 amide bonds. The van der Waals surface area contributed by atoms with Gasteiger partial charge in [-0.25, -0.2) is 4.98 Å². The van der Waals surface area contributed by atoms with Crippen molar-refractivity contribution < 1.29 is 9.15 Å². The third-order valence-electron chi connectivity index (χ3n) is 4.87. The molecule has 0 radical (unpaired) electrons. The van der Waals surface area contributed by atoms with Crippen LogP contribution in [0.25, 0.3) is 21.5 Å². The van der Waals surface area contributed by atoms with E-state index < -0.39 is 0 Å². The fraction of sp³-hybridized carbons (Fsp3) is 0.348. The highest BCUT2D eigenvalue weighted by Gasteiger charge is 2.18. The summed E-state index contributed by atoms with van der Waals surface area (Å²) in [5.74, 6) is 1.94. The van der Waals surface area contributed by atoms with Crippen LogP contribution in [0.2, 0.25) is 0 Å². The maximum atomic E-state index is 13.5. The van der Waals surface area contributed by atoms with Crippen molar-refractivity contribution in [3.05, 3.63) is 68.1 Å². The number of fused-ring (bicyclic) bond motifs is 1. The number of aryl methyl sites for hydroxylation is 1. The molecule has 7 nitrogen and oxygen atoms in total. The molecule has 1 N–H and O–H groups in total. The van der Waals surface area contributed by atoms with E-state index in [9.17, 15) is 9.59 Å². The van der Waals surface area contributed by atoms with Crippen molar-refractivity contribution in [2.75, 3.05) is 6.61 Å². The molecule has 31 heavy (non-hydrogen) atoms. The molecular weight excluding hydrogens is 414 g/mol. The van der Waals surface area contributed by atoms with E-state index in [2.05, 4.69) is 4.98 Å². The Bertz CT molecular complexity index is 1300. The molecule has 8 heteroatoms. The number of hydrogen-bond donors (Lipinski definition) is 1. The van der Waals surface area contributed by atoms with Crippen molar-refractivity contribution >= 4 is 21.6 Å². The van der Waals surface area contributed by atoms with Crippen LogP contribution in [0.1, 0.15) is 38.7 Å². The number of rotatable bonds is 8. The van der Waals surface area contributed by atoms with Crippen molar-refractivity contribution in [1.29, 1.82) is 0 Å². The molecule has 0 bridgehead atoms. The zero-order valence-corrected chi connectivity index (χ0v) is 18.6. The van der Waals surface area contributed by atoms with Crippen LogP contribution in [-0.2, 0) is 13.0 Å². The minimum absolute atomic E-state index is 0.137. The van der Waals surface area contributed by atoms with Gasteiger partial charge in [-0.05, 0) is 24.5 Å². The van der Waals surface area contributed by atoms with Gasteiger partial charge in [0.25, 0.3) is 5.56 Å². The van der Waals surface area contributed by atoms with Crippen molar-refractivity contribution in [2.45, 2.75) is 40.2 Å². The summed E-state index contributed by atoms with van der Waals surface area (Å²) in [4.78, 5) is 34.5. The molecule has 0 aliphatic carbocycles. The van der Waals surface area contributed by atoms with Gasteiger partial charge in [0.1, 0.15) is 16.4 Å². The van der Waals surface area contributed by atoms with Crippen LogP contribution >= 0.6 is 11.3 Å². The fourth-order valence-corrected chi connectivity index (χ4v) is 4.33. The highest BCUT2D eigenvalue weighted by atomic mass is 32.1. The van der Waals surface area contributed by atoms with Gasteiger partial charge in [-0.1, -0.05) is 20.8 Å². The van der Waals surface area contributed by atoms with E-state index in [-0.39, 0.29) is 23.3 Å². The number of pyridine rings is 1. The number of aromatic nitrogens is 3. The van der Waals surface area contributed by atoms with Crippen molar-refractivity contribution in [3.63, 3.8) is 0 Å². The minimum Gasteiger partial charge on any atom is -0.488 e. The smallest absolute Gasteiger partial charge is 0.263 e. The number of H-pyrrole nitrogens is 1. The monoisotopic (exact) mass is 439 g/mol. The molecule has 4 heterocycles. The van der Waals surface area contributed by atoms with Crippen LogP contribution in [0.5, 0.6) is 5.75 Å². The largest absolute Gasteiger partial charge is 0.488 e. The first-order valence-corrected chi connectivity index (χ1v) is 11.2. The molecule has 0 atom stereocenters. The molecule has 4 rings (SSSR count). The lowest BCUT2D eigenvalue weighted by Gasteiger charge is -2.13. The fourth-order valence-electron chi connectivity index (χ4n) is 3.39. The molecule has 4 aromatic heterocycles. The van der Waals surface area contributed by atoms with E-state index in [1.165, 1.54) is 17.4 Å². The van der Waals surface area contributed by atoms with Gasteiger partial charge in [0.2, 0.25) is 5.43 Å². The van der Waals surface area contributed by atoms with Gasteiger partial charge in [0.05, 0.1) is 24.8 Å². The van der Waals surface area contributed by atoms with Gasteiger partial charge in [-0.2, -0.15) is 0 Å². The van der Waals surface area contributed by atoms with Gasteiger partial charge in [-0.3, -0.25) is 14.2 Å². The summed E-state index contributed by atoms with van der Waals surface area (Å²) in [6.07, 6.45) is 4.67. The van der Waals surface area contributed by atoms with Crippen LogP contribution < -0.4 is 15.7 Å². The quantitative estimate of drug-likeness (QED) is 0.438. The third-order valence-corrected chi connectivity index (χ3v) is 5.74. The Balaban J connectivity index is 1.76. The average molecular weight is 440 g/mol. The highest BCUT2D eigenvalue weighted by molar-refractivity contribution is 7.17. The van der Waals surface area contributed by atoms with Crippen LogP contribution in [0, 0.1) is 5.92 Å².